The van der Waals surface area contributed by atoms with Crippen LogP contribution in [0.1, 0.15) is 28.3 Å². The van der Waals surface area contributed by atoms with Gasteiger partial charge in [0.1, 0.15) is 0 Å². The molecule has 0 aliphatic carbocycles. The second-order valence-electron chi connectivity index (χ2n) is 4.97. The molecule has 0 bridgehead atoms. The van der Waals surface area contributed by atoms with Crippen LogP contribution in [0.3, 0.4) is 0 Å². The first-order chi connectivity index (χ1) is 9.56. The zero-order valence-electron chi connectivity index (χ0n) is 12.2. The zero-order valence-corrected chi connectivity index (χ0v) is 12.2. The number of aliphatic hydroxyl groups excluding tert-OH is 1. The maximum Gasteiger partial charge on any atom is 0.0780 e. The molecule has 1 N–H and O–H groups in total. The molecule has 0 amide bonds. The highest BCUT2D eigenvalue weighted by Gasteiger charge is 2.09. The van der Waals surface area contributed by atoms with Crippen LogP contribution >= 0.6 is 0 Å². The molecule has 1 heterocycles. The molecule has 0 aliphatic heterocycles. The molecule has 0 fully saturated rings. The van der Waals surface area contributed by atoms with Crippen LogP contribution in [0.15, 0.2) is 36.4 Å². The van der Waals surface area contributed by atoms with E-state index in [0.717, 1.165) is 28.3 Å². The van der Waals surface area contributed by atoms with Gasteiger partial charge in [-0.05, 0) is 26.3 Å². The van der Waals surface area contributed by atoms with Gasteiger partial charge >= 0.3 is 0 Å². The first-order valence-electron chi connectivity index (χ1n) is 6.78. The average Bonchev–Trinajstić information content (AvgIpc) is 2.44. The summed E-state index contributed by atoms with van der Waals surface area (Å²) in [5.41, 5.74) is 4.69. The molecule has 1 unspecified atom stereocenters. The fraction of sp³-hybridized carbons (Fsp3) is 0.294. The normalized spacial score (nSPS) is 12.8. The fourth-order valence-electron chi connectivity index (χ4n) is 2.01. The van der Waals surface area contributed by atoms with Gasteiger partial charge in [0.15, 0.2) is 0 Å². The van der Waals surface area contributed by atoms with E-state index in [-0.39, 0.29) is 0 Å². The summed E-state index contributed by atoms with van der Waals surface area (Å²) in [5, 5.41) is 10.1. The number of hydrogen-bond acceptors (Lipinski definition) is 3. The minimum atomic E-state index is -0.551. The maximum atomic E-state index is 10.1. The van der Waals surface area contributed by atoms with E-state index in [0.29, 0.717) is 6.42 Å². The predicted octanol–water partition coefficient (Wildman–Crippen LogP) is 3.02. The van der Waals surface area contributed by atoms with Crippen LogP contribution in [0.25, 0.3) is 6.08 Å². The molecule has 0 spiro atoms. The monoisotopic (exact) mass is 268 g/mol. The van der Waals surface area contributed by atoms with Gasteiger partial charge in [-0.25, -0.2) is 0 Å². The highest BCUT2D eigenvalue weighted by atomic mass is 16.3. The second kappa shape index (κ2) is 6.44. The molecule has 0 saturated heterocycles. The van der Waals surface area contributed by atoms with E-state index in [1.165, 1.54) is 0 Å². The third-order valence-electron chi connectivity index (χ3n) is 3.29. The standard InChI is InChI=1S/C17H20N2O/c1-12-13(2)19-17(14(3)18-12)11-16(20)10-9-15-7-5-4-6-8-15/h4-10,16,20H,11H2,1-3H3. The minimum absolute atomic E-state index is 0.489. The molecule has 104 valence electrons. The Morgan fingerprint density at radius 1 is 1.00 bits per heavy atom. The van der Waals surface area contributed by atoms with Gasteiger partial charge in [-0.2, -0.15) is 0 Å². The summed E-state index contributed by atoms with van der Waals surface area (Å²) in [5.74, 6) is 0. The predicted molar refractivity (Wildman–Crippen MR) is 81.4 cm³/mol. The molecule has 0 aliphatic rings. The zero-order chi connectivity index (χ0) is 14.5. The number of aliphatic hydroxyl groups is 1. The van der Waals surface area contributed by atoms with Gasteiger partial charge in [-0.3, -0.25) is 9.97 Å². The molecule has 3 nitrogen and oxygen atoms in total. The molecule has 2 aromatic rings. The topological polar surface area (TPSA) is 46.0 Å². The average molecular weight is 268 g/mol. The number of nitrogens with zero attached hydrogens (tertiary/aromatic N) is 2. The summed E-state index contributed by atoms with van der Waals surface area (Å²) in [4.78, 5) is 8.96. The number of rotatable bonds is 4. The summed E-state index contributed by atoms with van der Waals surface area (Å²) in [6.07, 6.45) is 3.66. The van der Waals surface area contributed by atoms with Crippen LogP contribution in [0.5, 0.6) is 0 Å². The Labute approximate surface area is 120 Å². The van der Waals surface area contributed by atoms with Crippen LogP contribution in [0.4, 0.5) is 0 Å². The van der Waals surface area contributed by atoms with E-state index < -0.39 is 6.10 Å². The van der Waals surface area contributed by atoms with Crippen LogP contribution in [-0.4, -0.2) is 21.2 Å². The van der Waals surface area contributed by atoms with E-state index in [4.69, 9.17) is 0 Å². The van der Waals surface area contributed by atoms with Crippen molar-refractivity contribution in [3.05, 3.63) is 64.7 Å². The molecule has 0 saturated carbocycles. The van der Waals surface area contributed by atoms with Crippen molar-refractivity contribution in [2.45, 2.75) is 33.3 Å². The molecule has 0 radical (unpaired) electrons. The van der Waals surface area contributed by atoms with Crippen LogP contribution < -0.4 is 0 Å². The smallest absolute Gasteiger partial charge is 0.0780 e. The lowest BCUT2D eigenvalue weighted by molar-refractivity contribution is 0.223. The Morgan fingerprint density at radius 3 is 2.35 bits per heavy atom. The largest absolute Gasteiger partial charge is 0.389 e. The number of aromatic nitrogens is 2. The fourth-order valence-corrected chi connectivity index (χ4v) is 2.01. The van der Waals surface area contributed by atoms with Crippen LogP contribution in [-0.2, 0) is 6.42 Å². The highest BCUT2D eigenvalue weighted by Crippen LogP contribution is 2.11. The van der Waals surface area contributed by atoms with E-state index >= 15 is 0 Å². The highest BCUT2D eigenvalue weighted by molar-refractivity contribution is 5.49. The molecular weight excluding hydrogens is 248 g/mol. The molecule has 1 aromatic heterocycles. The molecule has 1 aromatic carbocycles. The lowest BCUT2D eigenvalue weighted by Gasteiger charge is -2.10. The Kier molecular flexibility index (Phi) is 4.64. The molecule has 3 heteroatoms. The van der Waals surface area contributed by atoms with Gasteiger partial charge in [-0.1, -0.05) is 42.5 Å². The first kappa shape index (κ1) is 14.4. The third kappa shape index (κ3) is 3.75. The Hall–Kier alpha value is -2.00. The lowest BCUT2D eigenvalue weighted by Crippen LogP contribution is -2.12. The van der Waals surface area contributed by atoms with Crippen molar-refractivity contribution in [1.82, 2.24) is 9.97 Å². The van der Waals surface area contributed by atoms with E-state index in [1.807, 2.05) is 57.2 Å². The summed E-state index contributed by atoms with van der Waals surface area (Å²) < 4.78 is 0. The van der Waals surface area contributed by atoms with Crippen molar-refractivity contribution in [2.24, 2.45) is 0 Å². The number of aryl methyl sites for hydroxylation is 3. The van der Waals surface area contributed by atoms with Gasteiger partial charge in [0.25, 0.3) is 0 Å². The van der Waals surface area contributed by atoms with Crippen LogP contribution in [0, 0.1) is 20.8 Å². The number of hydrogen-bond donors (Lipinski definition) is 1. The van der Waals surface area contributed by atoms with E-state index in [1.54, 1.807) is 6.08 Å². The summed E-state index contributed by atoms with van der Waals surface area (Å²) in [7, 11) is 0. The quantitative estimate of drug-likeness (QED) is 0.927. The molecule has 1 atom stereocenters. The van der Waals surface area contributed by atoms with Crippen molar-refractivity contribution in [1.29, 1.82) is 0 Å². The summed E-state index contributed by atoms with van der Waals surface area (Å²) >= 11 is 0. The van der Waals surface area contributed by atoms with Gasteiger partial charge in [0.05, 0.1) is 28.9 Å². The van der Waals surface area contributed by atoms with Crippen molar-refractivity contribution < 1.29 is 5.11 Å². The Balaban J connectivity index is 2.07. The molecule has 20 heavy (non-hydrogen) atoms. The Bertz CT molecular complexity index is 606. The second-order valence-corrected chi connectivity index (χ2v) is 4.97. The Morgan fingerprint density at radius 2 is 1.65 bits per heavy atom. The van der Waals surface area contributed by atoms with E-state index in [2.05, 4.69) is 9.97 Å². The maximum absolute atomic E-state index is 10.1. The van der Waals surface area contributed by atoms with Gasteiger partial charge < -0.3 is 5.11 Å². The SMILES string of the molecule is Cc1nc(C)c(CC(O)C=Cc2ccccc2)nc1C. The molecule has 2 rings (SSSR count). The number of benzene rings is 1. The van der Waals surface area contributed by atoms with Crippen LogP contribution in [0.2, 0.25) is 0 Å². The summed E-state index contributed by atoms with van der Waals surface area (Å²) in [6, 6.07) is 9.94. The lowest BCUT2D eigenvalue weighted by atomic mass is 10.1. The minimum Gasteiger partial charge on any atom is -0.389 e. The van der Waals surface area contributed by atoms with Gasteiger partial charge in [-0.15, -0.1) is 0 Å². The van der Waals surface area contributed by atoms with Crippen molar-refractivity contribution >= 4 is 6.08 Å². The summed E-state index contributed by atoms with van der Waals surface area (Å²) in [6.45, 7) is 5.82. The van der Waals surface area contributed by atoms with Crippen molar-refractivity contribution in [3.8, 4) is 0 Å². The van der Waals surface area contributed by atoms with Gasteiger partial charge in [0.2, 0.25) is 0 Å². The third-order valence-corrected chi connectivity index (χ3v) is 3.29. The molecular formula is C17H20N2O. The van der Waals surface area contributed by atoms with Gasteiger partial charge in [0, 0.05) is 6.42 Å². The van der Waals surface area contributed by atoms with E-state index in [9.17, 15) is 5.11 Å². The van der Waals surface area contributed by atoms with Crippen molar-refractivity contribution in [2.75, 3.05) is 0 Å². The van der Waals surface area contributed by atoms with Crippen molar-refractivity contribution in [3.63, 3.8) is 0 Å². The first-order valence-corrected chi connectivity index (χ1v) is 6.78.